The van der Waals surface area contributed by atoms with Gasteiger partial charge in [-0.25, -0.2) is 4.98 Å². The van der Waals surface area contributed by atoms with Gasteiger partial charge >= 0.3 is 0 Å². The van der Waals surface area contributed by atoms with Crippen LogP contribution in [0.15, 0.2) is 37.1 Å². The van der Waals surface area contributed by atoms with Crippen molar-refractivity contribution in [2.75, 3.05) is 11.4 Å². The molecule has 3 nitrogen and oxygen atoms in total. The van der Waals surface area contributed by atoms with Crippen LogP contribution in [0.1, 0.15) is 6.92 Å². The lowest BCUT2D eigenvalue weighted by molar-refractivity contribution is -0.118. The van der Waals surface area contributed by atoms with Crippen molar-refractivity contribution >= 4 is 34.9 Å². The molecule has 1 rings (SSSR count). The van der Waals surface area contributed by atoms with E-state index in [1.807, 2.05) is 0 Å². The summed E-state index contributed by atoms with van der Waals surface area (Å²) < 4.78 is -1.47. The Kier molecular flexibility index (Phi) is 4.33. The predicted molar refractivity (Wildman–Crippen MR) is 66.9 cm³/mol. The van der Waals surface area contributed by atoms with Crippen molar-refractivity contribution in [3.05, 3.63) is 37.1 Å². The monoisotopic (exact) mass is 258 g/mol. The summed E-state index contributed by atoms with van der Waals surface area (Å²) in [5.41, 5.74) is 0. The van der Waals surface area contributed by atoms with Crippen LogP contribution < -0.4 is 4.90 Å². The zero-order valence-electron chi connectivity index (χ0n) is 8.86. The highest BCUT2D eigenvalue weighted by Gasteiger charge is 2.33. The van der Waals surface area contributed by atoms with Gasteiger partial charge in [0.1, 0.15) is 5.82 Å². The summed E-state index contributed by atoms with van der Waals surface area (Å²) in [4.78, 5) is 17.4. The molecule has 0 bridgehead atoms. The predicted octanol–water partition coefficient (Wildman–Crippen LogP) is 2.79. The largest absolute Gasteiger partial charge is 0.290 e. The molecule has 0 saturated heterocycles. The van der Waals surface area contributed by atoms with E-state index in [-0.39, 0.29) is 0 Å². The Bertz CT molecular complexity index is 373. The molecule has 0 aliphatic heterocycles. The van der Waals surface area contributed by atoms with Crippen molar-refractivity contribution in [3.8, 4) is 0 Å². The fourth-order valence-electron chi connectivity index (χ4n) is 1.16. The number of anilines is 1. The molecule has 0 aliphatic rings. The molecule has 0 N–H and O–H groups in total. The van der Waals surface area contributed by atoms with Gasteiger partial charge in [0.25, 0.3) is 5.91 Å². The Morgan fingerprint density at radius 2 is 2.31 bits per heavy atom. The minimum atomic E-state index is -1.47. The lowest BCUT2D eigenvalue weighted by Gasteiger charge is -2.24. The smallest absolute Gasteiger partial charge is 0.264 e. The third-order valence-electron chi connectivity index (χ3n) is 1.86. The van der Waals surface area contributed by atoms with Gasteiger partial charge in [0.15, 0.2) is 4.33 Å². The Morgan fingerprint density at radius 1 is 1.62 bits per heavy atom. The van der Waals surface area contributed by atoms with Gasteiger partial charge in [0.2, 0.25) is 0 Å². The molecule has 1 amide bonds. The highest BCUT2D eigenvalue weighted by Crippen LogP contribution is 2.25. The van der Waals surface area contributed by atoms with Crippen LogP contribution >= 0.6 is 23.2 Å². The van der Waals surface area contributed by atoms with Gasteiger partial charge in [-0.05, 0) is 19.1 Å². The van der Waals surface area contributed by atoms with Crippen LogP contribution in [0.3, 0.4) is 0 Å². The number of amides is 1. The lowest BCUT2D eigenvalue weighted by Crippen LogP contribution is -2.41. The van der Waals surface area contributed by atoms with Crippen molar-refractivity contribution in [3.63, 3.8) is 0 Å². The lowest BCUT2D eigenvalue weighted by atomic mass is 10.3. The second-order valence-electron chi connectivity index (χ2n) is 3.28. The first-order valence-corrected chi connectivity index (χ1v) is 5.44. The zero-order valence-corrected chi connectivity index (χ0v) is 10.4. The third kappa shape index (κ3) is 3.22. The topological polar surface area (TPSA) is 33.2 Å². The van der Waals surface area contributed by atoms with Gasteiger partial charge in [-0.2, -0.15) is 0 Å². The van der Waals surface area contributed by atoms with Crippen LogP contribution in [-0.4, -0.2) is 21.8 Å². The number of aromatic nitrogens is 1. The van der Waals surface area contributed by atoms with Crippen LogP contribution in [0.5, 0.6) is 0 Å². The zero-order chi connectivity index (χ0) is 12.2. The molecule has 1 heterocycles. The molecule has 0 spiro atoms. The van der Waals surface area contributed by atoms with Crippen molar-refractivity contribution in [1.29, 1.82) is 0 Å². The second kappa shape index (κ2) is 5.32. The quantitative estimate of drug-likeness (QED) is 0.615. The first kappa shape index (κ1) is 13.0. The van der Waals surface area contributed by atoms with Gasteiger partial charge in [0.05, 0.1) is 0 Å². The van der Waals surface area contributed by atoms with E-state index in [0.29, 0.717) is 12.4 Å². The number of carbonyl (C=O) groups excluding carboxylic acids is 1. The Morgan fingerprint density at radius 3 is 2.75 bits per heavy atom. The van der Waals surface area contributed by atoms with Gasteiger partial charge in [-0.1, -0.05) is 35.3 Å². The minimum absolute atomic E-state index is 0.310. The Labute approximate surface area is 105 Å². The Balaban J connectivity index is 3.01. The highest BCUT2D eigenvalue weighted by molar-refractivity contribution is 6.58. The first-order chi connectivity index (χ1) is 7.46. The Hall–Kier alpha value is -1.06. The van der Waals surface area contributed by atoms with E-state index < -0.39 is 10.2 Å². The average molecular weight is 259 g/mol. The van der Waals surface area contributed by atoms with Gasteiger partial charge < -0.3 is 0 Å². The van der Waals surface area contributed by atoms with E-state index >= 15 is 0 Å². The maximum Gasteiger partial charge on any atom is 0.264 e. The summed E-state index contributed by atoms with van der Waals surface area (Å²) in [5.74, 6) is 0.0781. The molecule has 5 heteroatoms. The number of rotatable bonds is 4. The van der Waals surface area contributed by atoms with Gasteiger partial charge in [0, 0.05) is 12.7 Å². The van der Waals surface area contributed by atoms with Crippen LogP contribution in [0.25, 0.3) is 0 Å². The van der Waals surface area contributed by atoms with Gasteiger partial charge in [-0.15, -0.1) is 6.58 Å². The first-order valence-electron chi connectivity index (χ1n) is 4.68. The molecular formula is C11H12Cl2N2O. The summed E-state index contributed by atoms with van der Waals surface area (Å²) in [6, 6.07) is 5.26. The molecule has 0 radical (unpaired) electrons. The molecule has 0 saturated carbocycles. The fraction of sp³-hybridized carbons (Fsp3) is 0.273. The van der Waals surface area contributed by atoms with Crippen molar-refractivity contribution in [2.24, 2.45) is 0 Å². The number of nitrogens with zero attached hydrogens (tertiary/aromatic N) is 2. The van der Waals surface area contributed by atoms with E-state index in [9.17, 15) is 4.79 Å². The number of hydrogen-bond donors (Lipinski definition) is 0. The molecule has 0 aliphatic carbocycles. The van der Waals surface area contributed by atoms with Crippen molar-refractivity contribution < 1.29 is 4.79 Å². The number of hydrogen-bond acceptors (Lipinski definition) is 2. The average Bonchev–Trinajstić information content (AvgIpc) is 2.25. The number of alkyl halides is 2. The molecule has 1 aromatic heterocycles. The highest BCUT2D eigenvalue weighted by atomic mass is 35.5. The number of halogens is 2. The molecule has 16 heavy (non-hydrogen) atoms. The molecule has 0 atom stereocenters. The van der Waals surface area contributed by atoms with Crippen LogP contribution in [0.2, 0.25) is 0 Å². The van der Waals surface area contributed by atoms with E-state index in [1.54, 1.807) is 30.5 Å². The van der Waals surface area contributed by atoms with Gasteiger partial charge in [-0.3, -0.25) is 9.69 Å². The SMILES string of the molecule is C=CCN(C(=O)C(C)(Cl)Cl)c1ccccn1. The summed E-state index contributed by atoms with van der Waals surface area (Å²) in [5, 5.41) is 0. The standard InChI is InChI=1S/C11H12Cl2N2O/c1-3-8-15(10(16)11(2,12)13)9-6-4-5-7-14-9/h3-7H,1,8H2,2H3. The maximum absolute atomic E-state index is 11.9. The van der Waals surface area contributed by atoms with E-state index in [0.717, 1.165) is 0 Å². The summed E-state index contributed by atoms with van der Waals surface area (Å²) in [7, 11) is 0. The minimum Gasteiger partial charge on any atom is -0.290 e. The summed E-state index contributed by atoms with van der Waals surface area (Å²) in [6.45, 7) is 5.32. The van der Waals surface area contributed by atoms with Crippen LogP contribution in [0.4, 0.5) is 5.82 Å². The summed E-state index contributed by atoms with van der Waals surface area (Å²) >= 11 is 11.6. The fourth-order valence-corrected chi connectivity index (χ4v) is 1.36. The molecule has 0 fully saturated rings. The summed E-state index contributed by atoms with van der Waals surface area (Å²) in [6.07, 6.45) is 3.19. The van der Waals surface area contributed by atoms with Crippen LogP contribution in [-0.2, 0) is 4.79 Å². The van der Waals surface area contributed by atoms with Crippen molar-refractivity contribution in [1.82, 2.24) is 4.98 Å². The third-order valence-corrected chi connectivity index (χ3v) is 2.18. The van der Waals surface area contributed by atoms with Crippen molar-refractivity contribution in [2.45, 2.75) is 11.3 Å². The van der Waals surface area contributed by atoms with E-state index in [1.165, 1.54) is 11.8 Å². The molecule has 1 aromatic rings. The molecule has 86 valence electrons. The van der Waals surface area contributed by atoms with E-state index in [4.69, 9.17) is 23.2 Å². The molecular weight excluding hydrogens is 247 g/mol. The van der Waals surface area contributed by atoms with Crippen LogP contribution in [0, 0.1) is 0 Å². The van der Waals surface area contributed by atoms with E-state index in [2.05, 4.69) is 11.6 Å². The molecule has 0 aromatic carbocycles. The number of pyridine rings is 1. The second-order valence-corrected chi connectivity index (χ2v) is 4.99. The maximum atomic E-state index is 11.9. The number of carbonyl (C=O) groups is 1. The normalized spacial score (nSPS) is 10.9. The molecule has 0 unspecified atom stereocenters.